The third-order valence-electron chi connectivity index (χ3n) is 2.86. The van der Waals surface area contributed by atoms with Crippen LogP contribution < -0.4 is 5.73 Å². The minimum atomic E-state index is 0.610. The van der Waals surface area contributed by atoms with E-state index in [-0.39, 0.29) is 0 Å². The molecule has 4 heteroatoms. The SMILES string of the molecule is CCCc1c(N)n[nH]c1-c1ccc(C)c(Br)c1. The molecule has 0 bridgehead atoms. The number of benzene rings is 1. The lowest BCUT2D eigenvalue weighted by Crippen LogP contribution is -1.92. The summed E-state index contributed by atoms with van der Waals surface area (Å²) in [6, 6.07) is 6.28. The second kappa shape index (κ2) is 4.92. The maximum absolute atomic E-state index is 5.88. The fraction of sp³-hybridized carbons (Fsp3) is 0.308. The van der Waals surface area contributed by atoms with Crippen LogP contribution in [-0.4, -0.2) is 10.2 Å². The smallest absolute Gasteiger partial charge is 0.149 e. The summed E-state index contributed by atoms with van der Waals surface area (Å²) in [5.74, 6) is 0.610. The maximum Gasteiger partial charge on any atom is 0.149 e. The molecule has 0 saturated heterocycles. The molecule has 0 saturated carbocycles. The largest absolute Gasteiger partial charge is 0.382 e. The number of H-pyrrole nitrogens is 1. The van der Waals surface area contributed by atoms with Crippen LogP contribution >= 0.6 is 15.9 Å². The van der Waals surface area contributed by atoms with Gasteiger partial charge in [-0.15, -0.1) is 0 Å². The van der Waals surface area contributed by atoms with Crippen molar-refractivity contribution in [2.45, 2.75) is 26.7 Å². The molecule has 0 amide bonds. The molecule has 2 aromatic rings. The molecule has 1 aromatic carbocycles. The first-order chi connectivity index (χ1) is 8.13. The van der Waals surface area contributed by atoms with Crippen LogP contribution in [-0.2, 0) is 6.42 Å². The van der Waals surface area contributed by atoms with Gasteiger partial charge in [0, 0.05) is 15.6 Å². The molecule has 1 aromatic heterocycles. The predicted octanol–water partition coefficient (Wildman–Crippen LogP) is 3.68. The van der Waals surface area contributed by atoms with E-state index in [0.717, 1.165) is 34.1 Å². The van der Waals surface area contributed by atoms with Gasteiger partial charge in [0.25, 0.3) is 0 Å². The molecule has 1 heterocycles. The van der Waals surface area contributed by atoms with Crippen LogP contribution in [0, 0.1) is 6.92 Å². The van der Waals surface area contributed by atoms with E-state index < -0.39 is 0 Å². The van der Waals surface area contributed by atoms with E-state index in [1.54, 1.807) is 0 Å². The van der Waals surface area contributed by atoms with E-state index in [9.17, 15) is 0 Å². The van der Waals surface area contributed by atoms with E-state index in [1.165, 1.54) is 5.56 Å². The van der Waals surface area contributed by atoms with Crippen LogP contribution in [0.5, 0.6) is 0 Å². The van der Waals surface area contributed by atoms with E-state index in [4.69, 9.17) is 5.73 Å². The van der Waals surface area contributed by atoms with Crippen LogP contribution in [0.4, 0.5) is 5.82 Å². The number of aryl methyl sites for hydroxylation is 1. The highest BCUT2D eigenvalue weighted by Crippen LogP contribution is 2.29. The summed E-state index contributed by atoms with van der Waals surface area (Å²) >= 11 is 3.55. The number of hydrogen-bond donors (Lipinski definition) is 2. The van der Waals surface area contributed by atoms with Crippen molar-refractivity contribution in [3.05, 3.63) is 33.8 Å². The minimum absolute atomic E-state index is 0.610. The number of halogens is 1. The van der Waals surface area contributed by atoms with Crippen molar-refractivity contribution < 1.29 is 0 Å². The molecule has 0 aliphatic heterocycles. The molecule has 3 N–H and O–H groups in total. The summed E-state index contributed by atoms with van der Waals surface area (Å²) in [5.41, 5.74) is 10.4. The molecule has 90 valence electrons. The molecule has 0 aliphatic rings. The van der Waals surface area contributed by atoms with Crippen molar-refractivity contribution in [1.82, 2.24) is 10.2 Å². The van der Waals surface area contributed by atoms with Gasteiger partial charge in [-0.25, -0.2) is 0 Å². The van der Waals surface area contributed by atoms with Crippen molar-refractivity contribution in [3.8, 4) is 11.3 Å². The zero-order chi connectivity index (χ0) is 12.4. The Morgan fingerprint density at radius 3 is 2.82 bits per heavy atom. The first kappa shape index (κ1) is 12.2. The number of anilines is 1. The third kappa shape index (κ3) is 2.36. The maximum atomic E-state index is 5.88. The number of nitrogens with two attached hydrogens (primary N) is 1. The van der Waals surface area contributed by atoms with Gasteiger partial charge in [0.1, 0.15) is 5.82 Å². The molecule has 3 nitrogen and oxygen atoms in total. The summed E-state index contributed by atoms with van der Waals surface area (Å²) in [5, 5.41) is 7.13. The van der Waals surface area contributed by atoms with E-state index in [1.807, 2.05) is 0 Å². The Kier molecular flexibility index (Phi) is 3.52. The Bertz CT molecular complexity index is 531. The lowest BCUT2D eigenvalue weighted by Gasteiger charge is -2.05. The van der Waals surface area contributed by atoms with Crippen LogP contribution in [0.25, 0.3) is 11.3 Å². The number of nitrogen functional groups attached to an aromatic ring is 1. The number of rotatable bonds is 3. The van der Waals surface area contributed by atoms with Crippen molar-refractivity contribution in [2.75, 3.05) is 5.73 Å². The van der Waals surface area contributed by atoms with Gasteiger partial charge in [0.15, 0.2) is 0 Å². The number of aromatic nitrogens is 2. The van der Waals surface area contributed by atoms with E-state index >= 15 is 0 Å². The second-order valence-corrected chi connectivity index (χ2v) is 5.03. The van der Waals surface area contributed by atoms with Crippen molar-refractivity contribution in [1.29, 1.82) is 0 Å². The highest BCUT2D eigenvalue weighted by Gasteiger charge is 2.12. The average Bonchev–Trinajstić information content (AvgIpc) is 2.66. The van der Waals surface area contributed by atoms with E-state index in [0.29, 0.717) is 5.82 Å². The highest BCUT2D eigenvalue weighted by atomic mass is 79.9. The molecule has 0 radical (unpaired) electrons. The van der Waals surface area contributed by atoms with Crippen LogP contribution in [0.3, 0.4) is 0 Å². The lowest BCUT2D eigenvalue weighted by molar-refractivity contribution is 0.927. The predicted molar refractivity (Wildman–Crippen MR) is 74.9 cm³/mol. The summed E-state index contributed by atoms with van der Waals surface area (Å²) in [7, 11) is 0. The van der Waals surface area contributed by atoms with Gasteiger partial charge in [-0.1, -0.05) is 41.4 Å². The van der Waals surface area contributed by atoms with Gasteiger partial charge >= 0.3 is 0 Å². The quantitative estimate of drug-likeness (QED) is 0.907. The van der Waals surface area contributed by atoms with Crippen molar-refractivity contribution in [2.24, 2.45) is 0 Å². The Morgan fingerprint density at radius 2 is 2.18 bits per heavy atom. The highest BCUT2D eigenvalue weighted by molar-refractivity contribution is 9.10. The third-order valence-corrected chi connectivity index (χ3v) is 3.71. The topological polar surface area (TPSA) is 54.7 Å². The summed E-state index contributed by atoms with van der Waals surface area (Å²) in [6.45, 7) is 4.21. The molecule has 0 spiro atoms. The molecule has 0 atom stereocenters. The van der Waals surface area contributed by atoms with Crippen LogP contribution in [0.1, 0.15) is 24.5 Å². The average molecular weight is 294 g/mol. The van der Waals surface area contributed by atoms with Crippen molar-refractivity contribution in [3.63, 3.8) is 0 Å². The van der Waals surface area contributed by atoms with Gasteiger partial charge in [0.05, 0.1) is 5.69 Å². The number of hydrogen-bond acceptors (Lipinski definition) is 2. The Labute approximate surface area is 110 Å². The molecule has 17 heavy (non-hydrogen) atoms. The summed E-state index contributed by atoms with van der Waals surface area (Å²) in [6.07, 6.45) is 2.01. The van der Waals surface area contributed by atoms with Gasteiger partial charge in [-0.3, -0.25) is 5.10 Å². The standard InChI is InChI=1S/C13H16BrN3/c1-3-4-10-12(16-17-13(10)15)9-6-5-8(2)11(14)7-9/h5-7H,3-4H2,1-2H3,(H3,15,16,17). The first-order valence-corrected chi connectivity index (χ1v) is 6.52. The molecular weight excluding hydrogens is 278 g/mol. The minimum Gasteiger partial charge on any atom is -0.382 e. The van der Waals surface area contributed by atoms with Gasteiger partial charge in [-0.05, 0) is 25.0 Å². The zero-order valence-corrected chi connectivity index (χ0v) is 11.6. The number of nitrogens with one attached hydrogen (secondary N) is 1. The number of aromatic amines is 1. The number of nitrogens with zero attached hydrogens (tertiary/aromatic N) is 1. The molecule has 2 rings (SSSR count). The summed E-state index contributed by atoms with van der Waals surface area (Å²) < 4.78 is 1.10. The van der Waals surface area contributed by atoms with E-state index in [2.05, 4.69) is 58.2 Å². The second-order valence-electron chi connectivity index (χ2n) is 4.18. The van der Waals surface area contributed by atoms with Gasteiger partial charge < -0.3 is 5.73 Å². The zero-order valence-electron chi connectivity index (χ0n) is 10.0. The van der Waals surface area contributed by atoms with Crippen LogP contribution in [0.2, 0.25) is 0 Å². The van der Waals surface area contributed by atoms with Gasteiger partial charge in [-0.2, -0.15) is 5.10 Å². The van der Waals surface area contributed by atoms with Crippen LogP contribution in [0.15, 0.2) is 22.7 Å². The Morgan fingerprint density at radius 1 is 1.41 bits per heavy atom. The monoisotopic (exact) mass is 293 g/mol. The molecule has 0 unspecified atom stereocenters. The normalized spacial score (nSPS) is 10.8. The molecule has 0 fully saturated rings. The fourth-order valence-electron chi connectivity index (χ4n) is 1.87. The lowest BCUT2D eigenvalue weighted by atomic mass is 10.0. The molecular formula is C13H16BrN3. The summed E-state index contributed by atoms with van der Waals surface area (Å²) in [4.78, 5) is 0. The first-order valence-electron chi connectivity index (χ1n) is 5.72. The Balaban J connectivity index is 2.48. The fourth-order valence-corrected chi connectivity index (χ4v) is 2.25. The van der Waals surface area contributed by atoms with Crippen molar-refractivity contribution >= 4 is 21.7 Å². The Hall–Kier alpha value is -1.29. The molecule has 0 aliphatic carbocycles. The van der Waals surface area contributed by atoms with Gasteiger partial charge in [0.2, 0.25) is 0 Å².